The highest BCUT2D eigenvalue weighted by Crippen LogP contribution is 2.32. The summed E-state index contributed by atoms with van der Waals surface area (Å²) in [5.41, 5.74) is 9.15. The fourth-order valence-electron chi connectivity index (χ4n) is 4.02. The Morgan fingerprint density at radius 2 is 1.64 bits per heavy atom. The smallest absolute Gasteiger partial charge is 0.144 e. The molecule has 0 saturated heterocycles. The molecule has 148 valence electrons. The third kappa shape index (κ3) is 4.06. The molecule has 3 aromatic rings. The van der Waals surface area contributed by atoms with Gasteiger partial charge in [0.25, 0.3) is 0 Å². The summed E-state index contributed by atoms with van der Waals surface area (Å²) in [7, 11) is 0. The molecular weight excluding hydrogens is 340 g/mol. The largest absolute Gasteiger partial charge is 0.296 e. The molecule has 0 fully saturated rings. The Labute approximate surface area is 170 Å². The van der Waals surface area contributed by atoms with E-state index in [2.05, 4.69) is 95.6 Å². The van der Waals surface area contributed by atoms with Gasteiger partial charge in [0, 0.05) is 17.5 Å². The van der Waals surface area contributed by atoms with Crippen LogP contribution in [-0.4, -0.2) is 9.55 Å². The maximum absolute atomic E-state index is 4.91. The van der Waals surface area contributed by atoms with Crippen molar-refractivity contribution in [3.05, 3.63) is 70.5 Å². The topological polar surface area (TPSA) is 17.8 Å². The van der Waals surface area contributed by atoms with Gasteiger partial charge < -0.3 is 0 Å². The van der Waals surface area contributed by atoms with Crippen molar-refractivity contribution in [1.82, 2.24) is 9.55 Å². The second-order valence-corrected chi connectivity index (χ2v) is 9.09. The fourth-order valence-corrected chi connectivity index (χ4v) is 4.02. The van der Waals surface area contributed by atoms with E-state index < -0.39 is 0 Å². The molecule has 1 heterocycles. The van der Waals surface area contributed by atoms with Gasteiger partial charge in [0.2, 0.25) is 0 Å². The minimum atomic E-state index is 0.119. The SMILES string of the molecule is CCCCc1cnc(-c2cccc(C(C)(C)C)c2)n1-c1c(C)cc(C)cc1C. The molecule has 0 bridgehead atoms. The number of nitrogens with zero attached hydrogens (tertiary/aromatic N) is 2. The number of rotatable bonds is 5. The van der Waals surface area contributed by atoms with Crippen LogP contribution in [0.15, 0.2) is 42.6 Å². The first-order valence-electron chi connectivity index (χ1n) is 10.5. The van der Waals surface area contributed by atoms with Crippen LogP contribution in [0.5, 0.6) is 0 Å². The van der Waals surface area contributed by atoms with Crippen LogP contribution in [0, 0.1) is 20.8 Å². The van der Waals surface area contributed by atoms with Gasteiger partial charge in [-0.15, -0.1) is 0 Å². The van der Waals surface area contributed by atoms with E-state index in [0.717, 1.165) is 12.2 Å². The van der Waals surface area contributed by atoms with Crippen LogP contribution in [-0.2, 0) is 11.8 Å². The lowest BCUT2D eigenvalue weighted by molar-refractivity contribution is 0.590. The van der Waals surface area contributed by atoms with Crippen molar-refractivity contribution in [2.45, 2.75) is 73.1 Å². The summed E-state index contributed by atoms with van der Waals surface area (Å²) in [6.45, 7) is 15.6. The molecule has 0 aliphatic rings. The van der Waals surface area contributed by atoms with Gasteiger partial charge in [-0.3, -0.25) is 4.57 Å². The van der Waals surface area contributed by atoms with E-state index in [1.165, 1.54) is 52.0 Å². The van der Waals surface area contributed by atoms with Gasteiger partial charge in [-0.25, -0.2) is 4.98 Å². The predicted octanol–water partition coefficient (Wildman–Crippen LogP) is 7.10. The molecule has 1 aromatic heterocycles. The molecule has 0 spiro atoms. The van der Waals surface area contributed by atoms with E-state index in [1.54, 1.807) is 0 Å². The molecule has 0 aliphatic carbocycles. The minimum Gasteiger partial charge on any atom is -0.296 e. The highest BCUT2D eigenvalue weighted by Gasteiger charge is 2.19. The Kier molecular flexibility index (Phi) is 5.79. The minimum absolute atomic E-state index is 0.119. The highest BCUT2D eigenvalue weighted by molar-refractivity contribution is 5.64. The van der Waals surface area contributed by atoms with Gasteiger partial charge >= 0.3 is 0 Å². The molecule has 28 heavy (non-hydrogen) atoms. The summed E-state index contributed by atoms with van der Waals surface area (Å²) in [6, 6.07) is 13.4. The zero-order chi connectivity index (χ0) is 20.5. The monoisotopic (exact) mass is 374 g/mol. The first-order valence-corrected chi connectivity index (χ1v) is 10.5. The summed E-state index contributed by atoms with van der Waals surface area (Å²) in [4.78, 5) is 4.91. The first-order chi connectivity index (χ1) is 13.2. The number of aryl methyl sites for hydroxylation is 4. The standard InChI is InChI=1S/C26H34N2/c1-8-9-13-23-17-27-25(21-11-10-12-22(16-21)26(5,6)7)28(23)24-19(3)14-18(2)15-20(24)4/h10-12,14-17H,8-9,13H2,1-7H3. The third-order valence-corrected chi connectivity index (χ3v) is 5.47. The zero-order valence-corrected chi connectivity index (χ0v) is 18.6. The second-order valence-electron chi connectivity index (χ2n) is 9.09. The Balaban J connectivity index is 2.24. The van der Waals surface area contributed by atoms with Crippen molar-refractivity contribution >= 4 is 0 Å². The van der Waals surface area contributed by atoms with Crippen molar-refractivity contribution < 1.29 is 0 Å². The van der Waals surface area contributed by atoms with Crippen molar-refractivity contribution in [3.63, 3.8) is 0 Å². The van der Waals surface area contributed by atoms with E-state index in [0.29, 0.717) is 0 Å². The van der Waals surface area contributed by atoms with Crippen LogP contribution in [0.3, 0.4) is 0 Å². The van der Waals surface area contributed by atoms with Crippen LogP contribution < -0.4 is 0 Å². The molecule has 0 atom stereocenters. The summed E-state index contributed by atoms with van der Waals surface area (Å²) in [5.74, 6) is 1.05. The van der Waals surface area contributed by atoms with Crippen LogP contribution in [0.1, 0.15) is 68.5 Å². The Bertz CT molecular complexity index is 947. The maximum Gasteiger partial charge on any atom is 0.144 e. The molecule has 2 heteroatoms. The van der Waals surface area contributed by atoms with Crippen LogP contribution in [0.4, 0.5) is 0 Å². The average molecular weight is 375 g/mol. The molecule has 0 radical (unpaired) electrons. The number of hydrogen-bond donors (Lipinski definition) is 0. The van der Waals surface area contributed by atoms with Gasteiger partial charge in [-0.05, 0) is 61.8 Å². The van der Waals surface area contributed by atoms with Crippen molar-refractivity contribution in [2.24, 2.45) is 0 Å². The van der Waals surface area contributed by atoms with Gasteiger partial charge in [0.05, 0.1) is 5.69 Å². The summed E-state index contributed by atoms with van der Waals surface area (Å²) >= 11 is 0. The van der Waals surface area contributed by atoms with Crippen molar-refractivity contribution in [1.29, 1.82) is 0 Å². The Morgan fingerprint density at radius 1 is 0.964 bits per heavy atom. The molecule has 0 amide bonds. The fraction of sp³-hybridized carbons (Fsp3) is 0.423. The molecule has 2 nitrogen and oxygen atoms in total. The van der Waals surface area contributed by atoms with E-state index >= 15 is 0 Å². The zero-order valence-electron chi connectivity index (χ0n) is 18.6. The van der Waals surface area contributed by atoms with E-state index in [-0.39, 0.29) is 5.41 Å². The van der Waals surface area contributed by atoms with Crippen LogP contribution >= 0.6 is 0 Å². The van der Waals surface area contributed by atoms with Gasteiger partial charge in [-0.1, -0.05) is 70.0 Å². The summed E-state index contributed by atoms with van der Waals surface area (Å²) in [6.07, 6.45) is 5.49. The molecule has 3 rings (SSSR count). The van der Waals surface area contributed by atoms with Gasteiger partial charge in [-0.2, -0.15) is 0 Å². The Hall–Kier alpha value is -2.35. The molecule has 0 aliphatic heterocycles. The first kappa shape index (κ1) is 20.4. The van der Waals surface area contributed by atoms with Gasteiger partial charge in [0.15, 0.2) is 0 Å². The lowest BCUT2D eigenvalue weighted by Crippen LogP contribution is -2.11. The number of imidazole rings is 1. The molecule has 2 aromatic carbocycles. The Morgan fingerprint density at radius 3 is 2.25 bits per heavy atom. The maximum atomic E-state index is 4.91. The summed E-state index contributed by atoms with van der Waals surface area (Å²) in [5, 5.41) is 0. The molecular formula is C26H34N2. The number of benzene rings is 2. The molecule has 0 N–H and O–H groups in total. The number of unbranched alkanes of at least 4 members (excludes halogenated alkanes) is 1. The third-order valence-electron chi connectivity index (χ3n) is 5.47. The van der Waals surface area contributed by atoms with E-state index in [9.17, 15) is 0 Å². The number of hydrogen-bond acceptors (Lipinski definition) is 1. The van der Waals surface area contributed by atoms with Gasteiger partial charge in [0.1, 0.15) is 5.82 Å². The van der Waals surface area contributed by atoms with Crippen LogP contribution in [0.25, 0.3) is 17.1 Å². The normalized spacial score (nSPS) is 11.8. The molecule has 0 saturated carbocycles. The lowest BCUT2D eigenvalue weighted by Gasteiger charge is -2.21. The second kappa shape index (κ2) is 7.95. The predicted molar refractivity (Wildman–Crippen MR) is 121 cm³/mol. The quantitative estimate of drug-likeness (QED) is 0.465. The van der Waals surface area contributed by atoms with Crippen molar-refractivity contribution in [3.8, 4) is 17.1 Å². The highest BCUT2D eigenvalue weighted by atomic mass is 15.1. The van der Waals surface area contributed by atoms with Crippen LogP contribution in [0.2, 0.25) is 0 Å². The van der Waals surface area contributed by atoms with E-state index in [4.69, 9.17) is 4.98 Å². The number of aromatic nitrogens is 2. The average Bonchev–Trinajstić information content (AvgIpc) is 3.02. The van der Waals surface area contributed by atoms with E-state index in [1.807, 2.05) is 0 Å². The van der Waals surface area contributed by atoms with Crippen molar-refractivity contribution in [2.75, 3.05) is 0 Å². The lowest BCUT2D eigenvalue weighted by atomic mass is 9.86. The summed E-state index contributed by atoms with van der Waals surface area (Å²) < 4.78 is 2.40. The molecule has 0 unspecified atom stereocenters.